The maximum Gasteiger partial charge on any atom is 0.287 e. The molecule has 0 aliphatic carbocycles. The maximum atomic E-state index is 11.9. The lowest BCUT2D eigenvalue weighted by Crippen LogP contribution is -2.26. The highest BCUT2D eigenvalue weighted by Crippen LogP contribution is 2.23. The number of amides is 1. The first-order valence-corrected chi connectivity index (χ1v) is 5.50. The highest BCUT2D eigenvalue weighted by molar-refractivity contribution is 5.94. The minimum absolute atomic E-state index is 0.146. The molecule has 1 aromatic heterocycles. The Morgan fingerprint density at radius 1 is 1.47 bits per heavy atom. The maximum absolute atomic E-state index is 11.9. The Labute approximate surface area is 108 Å². The van der Waals surface area contributed by atoms with Gasteiger partial charge in [0.25, 0.3) is 5.91 Å². The summed E-state index contributed by atoms with van der Waals surface area (Å²) in [5.74, 6) is -0.430. The molecule has 1 N–H and O–H groups in total. The Morgan fingerprint density at radius 2 is 2.26 bits per heavy atom. The van der Waals surface area contributed by atoms with Gasteiger partial charge in [-0.05, 0) is 12.1 Å². The normalized spacial score (nSPS) is 10.2. The van der Waals surface area contributed by atoms with Crippen molar-refractivity contribution < 1.29 is 18.7 Å². The SMILES string of the molecule is COc1cccc2c(=O)cc(C(=O)NCC=O)oc12. The molecule has 0 bridgehead atoms. The van der Waals surface area contributed by atoms with Crippen LogP contribution in [0.15, 0.2) is 33.5 Å². The summed E-state index contributed by atoms with van der Waals surface area (Å²) in [5, 5.41) is 2.62. The van der Waals surface area contributed by atoms with Gasteiger partial charge >= 0.3 is 0 Å². The number of rotatable bonds is 4. The van der Waals surface area contributed by atoms with Crippen LogP contribution in [0.4, 0.5) is 0 Å². The van der Waals surface area contributed by atoms with Crippen molar-refractivity contribution in [3.8, 4) is 5.75 Å². The van der Waals surface area contributed by atoms with Gasteiger partial charge in [-0.3, -0.25) is 9.59 Å². The first-order valence-electron chi connectivity index (χ1n) is 5.50. The number of aldehydes is 1. The first kappa shape index (κ1) is 12.8. The third-order valence-electron chi connectivity index (χ3n) is 2.51. The summed E-state index contributed by atoms with van der Waals surface area (Å²) in [5.41, 5.74) is -0.148. The molecule has 0 saturated carbocycles. The number of carbonyl (C=O) groups excluding carboxylic acids is 2. The highest BCUT2D eigenvalue weighted by Gasteiger charge is 2.14. The number of carbonyl (C=O) groups is 2. The van der Waals surface area contributed by atoms with Gasteiger partial charge in [0.2, 0.25) is 0 Å². The Morgan fingerprint density at radius 3 is 2.95 bits per heavy atom. The van der Waals surface area contributed by atoms with Gasteiger partial charge in [0.1, 0.15) is 6.29 Å². The molecule has 0 spiro atoms. The van der Waals surface area contributed by atoms with Crippen molar-refractivity contribution in [2.45, 2.75) is 0 Å². The Kier molecular flexibility index (Phi) is 3.61. The predicted molar refractivity (Wildman–Crippen MR) is 67.4 cm³/mol. The van der Waals surface area contributed by atoms with Gasteiger partial charge in [0, 0.05) is 6.07 Å². The van der Waals surface area contributed by atoms with E-state index in [9.17, 15) is 14.4 Å². The molecule has 0 radical (unpaired) electrons. The minimum Gasteiger partial charge on any atom is -0.493 e. The van der Waals surface area contributed by atoms with Crippen molar-refractivity contribution in [1.29, 1.82) is 0 Å². The largest absolute Gasteiger partial charge is 0.493 e. The lowest BCUT2D eigenvalue weighted by molar-refractivity contribution is -0.107. The van der Waals surface area contributed by atoms with Gasteiger partial charge in [0.05, 0.1) is 19.0 Å². The molecule has 0 saturated heterocycles. The van der Waals surface area contributed by atoms with Crippen LogP contribution in [0.2, 0.25) is 0 Å². The van der Waals surface area contributed by atoms with E-state index in [-0.39, 0.29) is 23.3 Å². The fraction of sp³-hybridized carbons (Fsp3) is 0.154. The molecule has 1 aromatic carbocycles. The van der Waals surface area contributed by atoms with Gasteiger partial charge in [-0.25, -0.2) is 0 Å². The van der Waals surface area contributed by atoms with E-state index in [1.54, 1.807) is 18.2 Å². The van der Waals surface area contributed by atoms with Gasteiger partial charge in [-0.1, -0.05) is 6.07 Å². The standard InChI is InChI=1S/C13H11NO5/c1-18-10-4-2-3-8-9(16)7-11(19-12(8)10)13(17)14-5-6-15/h2-4,6-7H,5H2,1H3,(H,14,17). The number of nitrogens with one attached hydrogen (secondary N) is 1. The zero-order chi connectivity index (χ0) is 13.8. The zero-order valence-electron chi connectivity index (χ0n) is 10.1. The molecule has 6 nitrogen and oxygen atoms in total. The quantitative estimate of drug-likeness (QED) is 0.820. The van der Waals surface area contributed by atoms with Crippen LogP contribution in [0, 0.1) is 0 Å². The summed E-state index contributed by atoms with van der Waals surface area (Å²) in [6.45, 7) is -0.146. The molecule has 6 heteroatoms. The van der Waals surface area contributed by atoms with E-state index in [4.69, 9.17) is 9.15 Å². The molecular weight excluding hydrogens is 250 g/mol. The lowest BCUT2D eigenvalue weighted by atomic mass is 10.2. The number of methoxy groups -OCH3 is 1. The summed E-state index contributed by atoms with van der Waals surface area (Å²) in [4.78, 5) is 33.7. The zero-order valence-corrected chi connectivity index (χ0v) is 10.1. The van der Waals surface area contributed by atoms with Crippen LogP contribution in [0.5, 0.6) is 5.75 Å². The van der Waals surface area contributed by atoms with E-state index < -0.39 is 5.91 Å². The van der Waals surface area contributed by atoms with Crippen LogP contribution in [0.25, 0.3) is 11.0 Å². The van der Waals surface area contributed by atoms with Crippen molar-refractivity contribution in [3.05, 3.63) is 40.2 Å². The van der Waals surface area contributed by atoms with E-state index in [1.807, 2.05) is 0 Å². The van der Waals surface area contributed by atoms with Crippen molar-refractivity contribution >= 4 is 23.2 Å². The highest BCUT2D eigenvalue weighted by atomic mass is 16.5. The number of fused-ring (bicyclic) bond motifs is 1. The van der Waals surface area contributed by atoms with E-state index in [0.717, 1.165) is 6.07 Å². The number of ether oxygens (including phenoxy) is 1. The molecule has 0 fully saturated rings. The first-order chi connectivity index (χ1) is 9.17. The molecule has 0 atom stereocenters. The van der Waals surface area contributed by atoms with Gasteiger partial charge in [0.15, 0.2) is 22.5 Å². The van der Waals surface area contributed by atoms with E-state index >= 15 is 0 Å². The van der Waals surface area contributed by atoms with Gasteiger partial charge in [-0.2, -0.15) is 0 Å². The van der Waals surface area contributed by atoms with Crippen LogP contribution in [-0.4, -0.2) is 25.8 Å². The topological polar surface area (TPSA) is 85.6 Å². The summed E-state index contributed by atoms with van der Waals surface area (Å²) in [6.07, 6.45) is 0.539. The Hall–Kier alpha value is -2.63. The molecule has 0 aliphatic heterocycles. The summed E-state index contributed by atoms with van der Waals surface area (Å²) in [6, 6.07) is 5.95. The Balaban J connectivity index is 2.56. The summed E-state index contributed by atoms with van der Waals surface area (Å²) in [7, 11) is 1.44. The number of hydrogen-bond acceptors (Lipinski definition) is 5. The molecule has 1 heterocycles. The number of hydrogen-bond donors (Lipinski definition) is 1. The van der Waals surface area contributed by atoms with Crippen molar-refractivity contribution in [2.75, 3.05) is 13.7 Å². The number of para-hydroxylation sites is 1. The molecule has 0 unspecified atom stereocenters. The second-order valence-corrected chi connectivity index (χ2v) is 3.69. The van der Waals surface area contributed by atoms with Crippen LogP contribution >= 0.6 is 0 Å². The molecule has 2 rings (SSSR count). The lowest BCUT2D eigenvalue weighted by Gasteiger charge is -2.06. The third kappa shape index (κ3) is 2.47. The summed E-state index contributed by atoms with van der Waals surface area (Å²) >= 11 is 0. The second-order valence-electron chi connectivity index (χ2n) is 3.69. The fourth-order valence-corrected chi connectivity index (χ4v) is 1.65. The molecule has 2 aromatic rings. The van der Waals surface area contributed by atoms with E-state index in [0.29, 0.717) is 17.4 Å². The van der Waals surface area contributed by atoms with Crippen molar-refractivity contribution in [1.82, 2.24) is 5.32 Å². The van der Waals surface area contributed by atoms with Crippen LogP contribution in [-0.2, 0) is 4.79 Å². The monoisotopic (exact) mass is 261 g/mol. The molecule has 0 aliphatic rings. The van der Waals surface area contributed by atoms with Crippen LogP contribution < -0.4 is 15.5 Å². The van der Waals surface area contributed by atoms with Crippen LogP contribution in [0.1, 0.15) is 10.6 Å². The van der Waals surface area contributed by atoms with Crippen LogP contribution in [0.3, 0.4) is 0 Å². The predicted octanol–water partition coefficient (Wildman–Crippen LogP) is 0.730. The second kappa shape index (κ2) is 5.34. The third-order valence-corrected chi connectivity index (χ3v) is 2.51. The fourth-order valence-electron chi connectivity index (χ4n) is 1.65. The van der Waals surface area contributed by atoms with Gasteiger partial charge in [-0.15, -0.1) is 0 Å². The molecule has 98 valence electrons. The van der Waals surface area contributed by atoms with Gasteiger partial charge < -0.3 is 19.3 Å². The average molecular weight is 261 g/mol. The van der Waals surface area contributed by atoms with Crippen molar-refractivity contribution in [2.24, 2.45) is 0 Å². The van der Waals surface area contributed by atoms with Crippen molar-refractivity contribution in [3.63, 3.8) is 0 Å². The number of benzene rings is 1. The smallest absolute Gasteiger partial charge is 0.287 e. The Bertz CT molecular complexity index is 689. The molecule has 1 amide bonds. The van der Waals surface area contributed by atoms with E-state index in [2.05, 4.69) is 5.32 Å². The summed E-state index contributed by atoms with van der Waals surface area (Å²) < 4.78 is 10.4. The molecule has 19 heavy (non-hydrogen) atoms. The van der Waals surface area contributed by atoms with E-state index in [1.165, 1.54) is 7.11 Å². The average Bonchev–Trinajstić information content (AvgIpc) is 2.44. The molecular formula is C13H11NO5. The minimum atomic E-state index is -0.628.